The number of benzene rings is 1. The minimum atomic E-state index is 0.443. The molecule has 1 atom stereocenters. The molecule has 0 bridgehead atoms. The summed E-state index contributed by atoms with van der Waals surface area (Å²) >= 11 is 3.78. The average molecular weight is 263 g/mol. The van der Waals surface area contributed by atoms with E-state index in [2.05, 4.69) is 54.7 Å². The lowest BCUT2D eigenvalue weighted by molar-refractivity contribution is 0.673. The number of rotatable bonds is 5. The Hall–Kier alpha value is -0.770. The number of thiophene rings is 1. The zero-order valence-electron chi connectivity index (χ0n) is 10.1. The molecule has 3 heteroatoms. The minimum absolute atomic E-state index is 0.443. The summed E-state index contributed by atoms with van der Waals surface area (Å²) < 4.78 is 0. The fourth-order valence-electron chi connectivity index (χ4n) is 1.64. The van der Waals surface area contributed by atoms with E-state index >= 15 is 0 Å². The van der Waals surface area contributed by atoms with Crippen LogP contribution in [0.2, 0.25) is 0 Å². The number of nitrogens with one attached hydrogen (secondary N) is 1. The van der Waals surface area contributed by atoms with Gasteiger partial charge in [-0.05, 0) is 38.2 Å². The molecule has 0 aliphatic rings. The van der Waals surface area contributed by atoms with Gasteiger partial charge in [0.25, 0.3) is 0 Å². The minimum Gasteiger partial charge on any atom is -0.312 e. The smallest absolute Gasteiger partial charge is 0.0507 e. The average Bonchev–Trinajstić information content (AvgIpc) is 2.78. The Morgan fingerprint density at radius 3 is 2.53 bits per heavy atom. The summed E-state index contributed by atoms with van der Waals surface area (Å²) in [7, 11) is 2.03. The predicted octanol–water partition coefficient (Wildman–Crippen LogP) is 4.11. The maximum Gasteiger partial charge on any atom is 0.0507 e. The van der Waals surface area contributed by atoms with Crippen LogP contribution in [0.25, 0.3) is 0 Å². The van der Waals surface area contributed by atoms with Crippen molar-refractivity contribution < 1.29 is 0 Å². The highest BCUT2D eigenvalue weighted by atomic mass is 32.2. The van der Waals surface area contributed by atoms with Crippen LogP contribution in [-0.2, 0) is 0 Å². The van der Waals surface area contributed by atoms with E-state index in [-0.39, 0.29) is 0 Å². The van der Waals surface area contributed by atoms with Gasteiger partial charge in [-0.2, -0.15) is 0 Å². The summed E-state index contributed by atoms with van der Waals surface area (Å²) in [6, 6.07) is 15.4. The van der Waals surface area contributed by atoms with Crippen molar-refractivity contribution in [1.82, 2.24) is 5.32 Å². The van der Waals surface area contributed by atoms with Crippen LogP contribution < -0.4 is 5.32 Å². The molecule has 0 aliphatic carbocycles. The zero-order chi connectivity index (χ0) is 12.1. The molecular weight excluding hydrogens is 246 g/mol. The molecule has 0 aliphatic heterocycles. The van der Waals surface area contributed by atoms with Crippen molar-refractivity contribution in [2.45, 2.75) is 17.9 Å². The van der Waals surface area contributed by atoms with Gasteiger partial charge in [-0.15, -0.1) is 23.1 Å². The highest BCUT2D eigenvalue weighted by Gasteiger charge is 2.11. The molecular formula is C14H17NS2. The normalized spacial score (nSPS) is 12.6. The van der Waals surface area contributed by atoms with E-state index in [1.165, 1.54) is 14.6 Å². The first-order valence-electron chi connectivity index (χ1n) is 5.71. The Kier molecular flexibility index (Phi) is 4.66. The first kappa shape index (κ1) is 12.7. The van der Waals surface area contributed by atoms with Gasteiger partial charge in [-0.1, -0.05) is 18.2 Å². The van der Waals surface area contributed by atoms with E-state index in [1.807, 2.05) is 30.1 Å². The van der Waals surface area contributed by atoms with Gasteiger partial charge in [-0.3, -0.25) is 0 Å². The Balaban J connectivity index is 1.97. The molecule has 1 aromatic heterocycles. The van der Waals surface area contributed by atoms with Crippen LogP contribution in [0.3, 0.4) is 0 Å². The third-order valence-electron chi connectivity index (χ3n) is 2.61. The topological polar surface area (TPSA) is 12.0 Å². The highest BCUT2D eigenvalue weighted by molar-refractivity contribution is 7.99. The summed E-state index contributed by atoms with van der Waals surface area (Å²) in [6.07, 6.45) is 0. The first-order valence-corrected chi connectivity index (χ1v) is 7.51. The molecule has 1 heterocycles. The maximum absolute atomic E-state index is 3.39. The van der Waals surface area contributed by atoms with Crippen LogP contribution in [-0.4, -0.2) is 12.8 Å². The lowest BCUT2D eigenvalue weighted by atomic mass is 10.3. The lowest BCUT2D eigenvalue weighted by Crippen LogP contribution is -2.17. The molecule has 1 nitrogen and oxygen atoms in total. The van der Waals surface area contributed by atoms with Gasteiger partial charge < -0.3 is 5.32 Å². The van der Waals surface area contributed by atoms with E-state index < -0.39 is 0 Å². The monoisotopic (exact) mass is 263 g/mol. The second-order valence-electron chi connectivity index (χ2n) is 3.91. The van der Waals surface area contributed by atoms with E-state index in [4.69, 9.17) is 0 Å². The molecule has 0 saturated carbocycles. The van der Waals surface area contributed by atoms with E-state index in [1.54, 1.807) is 0 Å². The van der Waals surface area contributed by atoms with Crippen molar-refractivity contribution in [2.75, 3.05) is 12.8 Å². The quantitative estimate of drug-likeness (QED) is 0.815. The predicted molar refractivity (Wildman–Crippen MR) is 78.0 cm³/mol. The van der Waals surface area contributed by atoms with Gasteiger partial charge >= 0.3 is 0 Å². The van der Waals surface area contributed by atoms with E-state index in [0.717, 1.165) is 5.75 Å². The van der Waals surface area contributed by atoms with Gasteiger partial charge in [0.2, 0.25) is 0 Å². The molecule has 1 aromatic carbocycles. The number of thioether (sulfide) groups is 1. The Bertz CT molecular complexity index is 450. The molecule has 2 aromatic rings. The van der Waals surface area contributed by atoms with Gasteiger partial charge in [0.1, 0.15) is 0 Å². The number of aryl methyl sites for hydroxylation is 1. The van der Waals surface area contributed by atoms with E-state index in [9.17, 15) is 0 Å². The summed E-state index contributed by atoms with van der Waals surface area (Å²) in [5.41, 5.74) is 0. The van der Waals surface area contributed by atoms with Crippen molar-refractivity contribution in [3.8, 4) is 0 Å². The third kappa shape index (κ3) is 3.60. The Labute approximate surface area is 111 Å². The molecule has 1 N–H and O–H groups in total. The molecule has 0 radical (unpaired) electrons. The first-order chi connectivity index (χ1) is 8.29. The molecule has 2 rings (SSSR count). The SMILES string of the molecule is CNC(CSc1ccccc1)c1ccc(C)s1. The van der Waals surface area contributed by atoms with Crippen LogP contribution in [0.15, 0.2) is 47.4 Å². The zero-order valence-corrected chi connectivity index (χ0v) is 11.8. The van der Waals surface area contributed by atoms with Crippen LogP contribution in [0, 0.1) is 6.92 Å². The van der Waals surface area contributed by atoms with Crippen molar-refractivity contribution in [1.29, 1.82) is 0 Å². The molecule has 0 fully saturated rings. The molecule has 1 unspecified atom stereocenters. The summed E-state index contributed by atoms with van der Waals surface area (Å²) in [5.74, 6) is 1.07. The van der Waals surface area contributed by atoms with E-state index in [0.29, 0.717) is 6.04 Å². The number of hydrogen-bond acceptors (Lipinski definition) is 3. The fourth-order valence-corrected chi connectivity index (χ4v) is 3.79. The standard InChI is InChI=1S/C14H17NS2/c1-11-8-9-14(17-11)13(15-2)10-16-12-6-4-3-5-7-12/h3-9,13,15H,10H2,1-2H3. The van der Waals surface area contributed by atoms with Crippen LogP contribution in [0.4, 0.5) is 0 Å². The maximum atomic E-state index is 3.39. The van der Waals surface area contributed by atoms with Gasteiger partial charge in [0.15, 0.2) is 0 Å². The number of hydrogen-bond donors (Lipinski definition) is 1. The molecule has 0 amide bonds. The molecule has 90 valence electrons. The lowest BCUT2D eigenvalue weighted by Gasteiger charge is -2.13. The molecule has 17 heavy (non-hydrogen) atoms. The van der Waals surface area contributed by atoms with Crippen LogP contribution >= 0.6 is 23.1 Å². The van der Waals surface area contributed by atoms with Crippen molar-refractivity contribution >= 4 is 23.1 Å². The second kappa shape index (κ2) is 6.24. The van der Waals surface area contributed by atoms with Crippen molar-refractivity contribution in [3.05, 3.63) is 52.2 Å². The third-order valence-corrected chi connectivity index (χ3v) is 4.83. The van der Waals surface area contributed by atoms with Gasteiger partial charge in [0, 0.05) is 20.4 Å². The fraction of sp³-hybridized carbons (Fsp3) is 0.286. The Morgan fingerprint density at radius 2 is 1.94 bits per heavy atom. The highest BCUT2D eigenvalue weighted by Crippen LogP contribution is 2.28. The van der Waals surface area contributed by atoms with Gasteiger partial charge in [0.05, 0.1) is 6.04 Å². The van der Waals surface area contributed by atoms with Crippen molar-refractivity contribution in [3.63, 3.8) is 0 Å². The van der Waals surface area contributed by atoms with Crippen molar-refractivity contribution in [2.24, 2.45) is 0 Å². The summed E-state index contributed by atoms with van der Waals surface area (Å²) in [4.78, 5) is 4.14. The van der Waals surface area contributed by atoms with Gasteiger partial charge in [-0.25, -0.2) is 0 Å². The summed E-state index contributed by atoms with van der Waals surface area (Å²) in [5, 5.41) is 3.39. The second-order valence-corrected chi connectivity index (χ2v) is 6.33. The van der Waals surface area contributed by atoms with Crippen LogP contribution in [0.5, 0.6) is 0 Å². The molecule has 0 saturated heterocycles. The largest absolute Gasteiger partial charge is 0.312 e. The van der Waals surface area contributed by atoms with Crippen LogP contribution in [0.1, 0.15) is 15.8 Å². The Morgan fingerprint density at radius 1 is 1.18 bits per heavy atom. The summed E-state index contributed by atoms with van der Waals surface area (Å²) in [6.45, 7) is 2.16. The molecule has 0 spiro atoms.